The van der Waals surface area contributed by atoms with Crippen molar-refractivity contribution in [3.8, 4) is 0 Å². The average Bonchev–Trinajstić information content (AvgIpc) is 3.33. The Morgan fingerprint density at radius 2 is 1.80 bits per heavy atom. The number of hydrogen-bond donors (Lipinski definition) is 1. The molecule has 1 heterocycles. The largest absolute Gasteiger partial charge is 0.340 e. The molecule has 0 radical (unpaired) electrons. The number of carbonyl (C=O) groups is 1. The van der Waals surface area contributed by atoms with Gasteiger partial charge < -0.3 is 4.90 Å². The summed E-state index contributed by atoms with van der Waals surface area (Å²) in [5, 5.41) is 0. The topological polar surface area (TPSA) is 69.7 Å². The molecule has 2 aliphatic rings. The Balaban J connectivity index is 1.50. The van der Waals surface area contributed by atoms with Crippen LogP contribution >= 0.6 is 0 Å². The quantitative estimate of drug-likeness (QED) is 0.832. The summed E-state index contributed by atoms with van der Waals surface area (Å²) < 4.78 is 29.4. The molecule has 1 saturated heterocycles. The fourth-order valence-electron chi connectivity index (χ4n) is 3.32. The molecule has 138 valence electrons. The van der Waals surface area contributed by atoms with Gasteiger partial charge in [0.25, 0.3) is 10.2 Å². The SMILES string of the molecule is CC(C)CC(=O)N1CCN(S(=O)(=O)N[C@H]2C[C@@H]2c2ccccc2)CC1. The van der Waals surface area contributed by atoms with E-state index >= 15 is 0 Å². The smallest absolute Gasteiger partial charge is 0.279 e. The van der Waals surface area contributed by atoms with Crippen molar-refractivity contribution in [3.05, 3.63) is 35.9 Å². The highest BCUT2D eigenvalue weighted by Gasteiger charge is 2.42. The molecular weight excluding hydrogens is 338 g/mol. The van der Waals surface area contributed by atoms with Crippen molar-refractivity contribution in [2.45, 2.75) is 38.6 Å². The molecule has 1 N–H and O–H groups in total. The summed E-state index contributed by atoms with van der Waals surface area (Å²) in [5.41, 5.74) is 1.18. The minimum Gasteiger partial charge on any atom is -0.340 e. The maximum atomic E-state index is 12.6. The van der Waals surface area contributed by atoms with Crippen LogP contribution in [-0.2, 0) is 15.0 Å². The van der Waals surface area contributed by atoms with Gasteiger partial charge in [-0.1, -0.05) is 44.2 Å². The fraction of sp³-hybridized carbons (Fsp3) is 0.611. The van der Waals surface area contributed by atoms with Gasteiger partial charge in [-0.25, -0.2) is 0 Å². The van der Waals surface area contributed by atoms with Crippen molar-refractivity contribution in [1.29, 1.82) is 0 Å². The normalized spacial score (nSPS) is 24.5. The first-order valence-corrected chi connectivity index (χ1v) is 10.4. The molecule has 7 heteroatoms. The summed E-state index contributed by atoms with van der Waals surface area (Å²) in [4.78, 5) is 13.9. The summed E-state index contributed by atoms with van der Waals surface area (Å²) in [6, 6.07) is 9.98. The lowest BCUT2D eigenvalue weighted by molar-refractivity contribution is -0.133. The van der Waals surface area contributed by atoms with E-state index in [1.807, 2.05) is 44.2 Å². The number of amides is 1. The average molecular weight is 365 g/mol. The first-order valence-electron chi connectivity index (χ1n) is 8.97. The summed E-state index contributed by atoms with van der Waals surface area (Å²) in [6.45, 7) is 5.70. The Kier molecular flexibility index (Phi) is 5.46. The van der Waals surface area contributed by atoms with E-state index in [0.717, 1.165) is 6.42 Å². The lowest BCUT2D eigenvalue weighted by atomic mass is 10.1. The van der Waals surface area contributed by atoms with Gasteiger partial charge in [0.1, 0.15) is 0 Å². The molecule has 0 aromatic heterocycles. The van der Waals surface area contributed by atoms with Crippen LogP contribution in [0.1, 0.15) is 38.2 Å². The van der Waals surface area contributed by atoms with Crippen LogP contribution in [-0.4, -0.2) is 55.8 Å². The molecule has 1 saturated carbocycles. The molecule has 0 bridgehead atoms. The van der Waals surface area contributed by atoms with E-state index in [1.165, 1.54) is 9.87 Å². The Morgan fingerprint density at radius 1 is 1.16 bits per heavy atom. The molecule has 3 rings (SSSR count). The minimum absolute atomic E-state index is 0.0204. The standard InChI is InChI=1S/C18H27N3O3S/c1-14(2)12-18(22)20-8-10-21(11-9-20)25(23,24)19-17-13-16(17)15-6-4-3-5-7-15/h3-7,14,16-17,19H,8-13H2,1-2H3/t16-,17+/m1/s1. The van der Waals surface area contributed by atoms with E-state index in [0.29, 0.717) is 38.5 Å². The van der Waals surface area contributed by atoms with E-state index in [1.54, 1.807) is 4.90 Å². The van der Waals surface area contributed by atoms with Crippen molar-refractivity contribution in [2.24, 2.45) is 5.92 Å². The van der Waals surface area contributed by atoms with Crippen LogP contribution < -0.4 is 4.72 Å². The predicted molar refractivity (Wildman–Crippen MR) is 97.3 cm³/mol. The molecule has 6 nitrogen and oxygen atoms in total. The van der Waals surface area contributed by atoms with Gasteiger partial charge in [0, 0.05) is 44.6 Å². The van der Waals surface area contributed by atoms with Gasteiger partial charge in [0.05, 0.1) is 0 Å². The van der Waals surface area contributed by atoms with E-state index in [4.69, 9.17) is 0 Å². The molecular formula is C18H27N3O3S. The maximum Gasteiger partial charge on any atom is 0.279 e. The second kappa shape index (κ2) is 7.43. The van der Waals surface area contributed by atoms with Gasteiger partial charge in [-0.2, -0.15) is 17.4 Å². The summed E-state index contributed by atoms with van der Waals surface area (Å²) in [6.07, 6.45) is 1.36. The number of rotatable bonds is 6. The highest BCUT2D eigenvalue weighted by molar-refractivity contribution is 7.87. The third-order valence-corrected chi connectivity index (χ3v) is 6.48. The molecule has 1 amide bonds. The van der Waals surface area contributed by atoms with Crippen LogP contribution in [0.25, 0.3) is 0 Å². The summed E-state index contributed by atoms with van der Waals surface area (Å²) >= 11 is 0. The summed E-state index contributed by atoms with van der Waals surface area (Å²) in [5.74, 6) is 0.706. The van der Waals surface area contributed by atoms with Crippen LogP contribution in [0.15, 0.2) is 30.3 Å². The van der Waals surface area contributed by atoms with Gasteiger partial charge in [-0.15, -0.1) is 0 Å². The zero-order valence-corrected chi connectivity index (χ0v) is 15.7. The lowest BCUT2D eigenvalue weighted by Gasteiger charge is -2.34. The fourth-order valence-corrected chi connectivity index (χ4v) is 4.75. The number of nitrogens with one attached hydrogen (secondary N) is 1. The van der Waals surface area contributed by atoms with Crippen LogP contribution in [0, 0.1) is 5.92 Å². The molecule has 1 aromatic carbocycles. The highest BCUT2D eigenvalue weighted by Crippen LogP contribution is 2.41. The number of nitrogens with zero attached hydrogens (tertiary/aromatic N) is 2. The lowest BCUT2D eigenvalue weighted by Crippen LogP contribution is -2.53. The van der Waals surface area contributed by atoms with E-state index in [2.05, 4.69) is 4.72 Å². The summed E-state index contributed by atoms with van der Waals surface area (Å²) in [7, 11) is -3.49. The minimum atomic E-state index is -3.49. The van der Waals surface area contributed by atoms with Crippen molar-refractivity contribution >= 4 is 16.1 Å². The molecule has 2 fully saturated rings. The van der Waals surface area contributed by atoms with Gasteiger partial charge in [0.15, 0.2) is 0 Å². The van der Waals surface area contributed by atoms with Gasteiger partial charge in [-0.05, 0) is 17.9 Å². The van der Waals surface area contributed by atoms with Crippen LogP contribution in [0.3, 0.4) is 0 Å². The van der Waals surface area contributed by atoms with Crippen molar-refractivity contribution in [2.75, 3.05) is 26.2 Å². The zero-order chi connectivity index (χ0) is 18.0. The second-order valence-corrected chi connectivity index (χ2v) is 9.06. The van der Waals surface area contributed by atoms with Crippen molar-refractivity contribution in [1.82, 2.24) is 13.9 Å². The Labute approximate surface area is 150 Å². The first kappa shape index (κ1) is 18.4. The number of piperazine rings is 1. The Morgan fingerprint density at radius 3 is 2.40 bits per heavy atom. The highest BCUT2D eigenvalue weighted by atomic mass is 32.2. The van der Waals surface area contributed by atoms with E-state index in [9.17, 15) is 13.2 Å². The van der Waals surface area contributed by atoms with Crippen LogP contribution in [0.4, 0.5) is 0 Å². The Hall–Kier alpha value is -1.44. The van der Waals surface area contributed by atoms with Gasteiger partial charge in [-0.3, -0.25) is 4.79 Å². The number of hydrogen-bond acceptors (Lipinski definition) is 3. The number of carbonyl (C=O) groups excluding carboxylic acids is 1. The van der Waals surface area contributed by atoms with E-state index < -0.39 is 10.2 Å². The predicted octanol–water partition coefficient (Wildman–Crippen LogP) is 1.57. The second-order valence-electron chi connectivity index (χ2n) is 7.36. The third kappa shape index (κ3) is 4.59. The van der Waals surface area contributed by atoms with E-state index in [-0.39, 0.29) is 17.9 Å². The van der Waals surface area contributed by atoms with Gasteiger partial charge >= 0.3 is 0 Å². The van der Waals surface area contributed by atoms with Crippen molar-refractivity contribution in [3.63, 3.8) is 0 Å². The molecule has 0 spiro atoms. The zero-order valence-electron chi connectivity index (χ0n) is 14.9. The molecule has 1 aliphatic heterocycles. The molecule has 1 aliphatic carbocycles. The van der Waals surface area contributed by atoms with Crippen LogP contribution in [0.2, 0.25) is 0 Å². The van der Waals surface area contributed by atoms with Crippen LogP contribution in [0.5, 0.6) is 0 Å². The van der Waals surface area contributed by atoms with Gasteiger partial charge in [0.2, 0.25) is 5.91 Å². The maximum absolute atomic E-state index is 12.6. The number of benzene rings is 1. The first-order chi connectivity index (χ1) is 11.9. The molecule has 0 unspecified atom stereocenters. The Bertz CT molecular complexity index is 698. The molecule has 1 aromatic rings. The molecule has 2 atom stereocenters. The monoisotopic (exact) mass is 365 g/mol. The third-order valence-electron chi connectivity index (χ3n) is 4.83. The van der Waals surface area contributed by atoms with Crippen molar-refractivity contribution < 1.29 is 13.2 Å². The molecule has 25 heavy (non-hydrogen) atoms.